The number of nitrogens with one attached hydrogen (secondary N) is 1. The largest absolute Gasteiger partial charge is 0.241 e. The van der Waals surface area contributed by atoms with Crippen molar-refractivity contribution >= 4 is 10.0 Å². The molecule has 0 bridgehead atoms. The normalized spacial score (nSPS) is 12.4. The molecule has 0 radical (unpaired) electrons. The molecule has 0 fully saturated rings. The first-order valence-electron chi connectivity index (χ1n) is 7.14. The van der Waals surface area contributed by atoms with Crippen molar-refractivity contribution in [3.05, 3.63) is 65.2 Å². The number of halogens is 2. The number of aryl methyl sites for hydroxylation is 1. The van der Waals surface area contributed by atoms with Crippen molar-refractivity contribution < 1.29 is 17.2 Å². The second-order valence-corrected chi connectivity index (χ2v) is 7.85. The van der Waals surface area contributed by atoms with Gasteiger partial charge in [0, 0.05) is 5.54 Å². The summed E-state index contributed by atoms with van der Waals surface area (Å²) in [4.78, 5) is -0.0790. The van der Waals surface area contributed by atoms with Gasteiger partial charge in [0.2, 0.25) is 10.0 Å². The minimum Gasteiger partial charge on any atom is -0.207 e. The van der Waals surface area contributed by atoms with E-state index in [0.717, 1.165) is 11.6 Å². The van der Waals surface area contributed by atoms with Crippen molar-refractivity contribution in [1.29, 1.82) is 0 Å². The summed E-state index contributed by atoms with van der Waals surface area (Å²) in [5.74, 6) is -0.949. The predicted molar refractivity (Wildman–Crippen MR) is 85.6 cm³/mol. The van der Waals surface area contributed by atoms with E-state index in [9.17, 15) is 17.2 Å². The zero-order chi connectivity index (χ0) is 17.3. The fraction of sp³-hybridized carbons (Fsp3) is 0.294. The molecular weight excluding hydrogens is 320 g/mol. The van der Waals surface area contributed by atoms with Gasteiger partial charge in [-0.2, -0.15) is 0 Å². The lowest BCUT2D eigenvalue weighted by molar-refractivity contribution is 0.449. The predicted octanol–water partition coefficient (Wildman–Crippen LogP) is 3.57. The monoisotopic (exact) mass is 339 g/mol. The lowest BCUT2D eigenvalue weighted by Gasteiger charge is -2.26. The Morgan fingerprint density at radius 2 is 1.57 bits per heavy atom. The lowest BCUT2D eigenvalue weighted by atomic mass is 9.96. The number of benzene rings is 2. The Hall–Kier alpha value is -1.79. The van der Waals surface area contributed by atoms with Crippen LogP contribution in [0.2, 0.25) is 0 Å². The summed E-state index contributed by atoms with van der Waals surface area (Å²) >= 11 is 0. The molecule has 0 atom stereocenters. The third kappa shape index (κ3) is 4.59. The fourth-order valence-electron chi connectivity index (χ4n) is 2.43. The Morgan fingerprint density at radius 3 is 2.17 bits per heavy atom. The molecule has 23 heavy (non-hydrogen) atoms. The molecule has 0 saturated heterocycles. The highest BCUT2D eigenvalue weighted by Crippen LogP contribution is 2.21. The van der Waals surface area contributed by atoms with Gasteiger partial charge in [-0.3, -0.25) is 0 Å². The highest BCUT2D eigenvalue weighted by molar-refractivity contribution is 7.89. The number of hydrogen-bond donors (Lipinski definition) is 1. The maximum absolute atomic E-state index is 13.4. The first-order chi connectivity index (χ1) is 10.6. The van der Waals surface area contributed by atoms with Crippen LogP contribution in [0.4, 0.5) is 8.78 Å². The van der Waals surface area contributed by atoms with E-state index in [-0.39, 0.29) is 10.7 Å². The quantitative estimate of drug-likeness (QED) is 0.905. The van der Waals surface area contributed by atoms with Crippen LogP contribution in [0.5, 0.6) is 0 Å². The second kappa shape index (κ2) is 6.37. The van der Waals surface area contributed by atoms with E-state index in [0.29, 0.717) is 12.0 Å². The number of hydrogen-bond acceptors (Lipinski definition) is 2. The highest BCUT2D eigenvalue weighted by Gasteiger charge is 2.27. The third-order valence-corrected chi connectivity index (χ3v) is 5.25. The molecule has 3 nitrogen and oxygen atoms in total. The molecule has 0 amide bonds. The van der Waals surface area contributed by atoms with Gasteiger partial charge in [0.1, 0.15) is 11.6 Å². The van der Waals surface area contributed by atoms with Crippen LogP contribution >= 0.6 is 0 Å². The fourth-order valence-corrected chi connectivity index (χ4v) is 4.10. The molecule has 0 aromatic heterocycles. The smallest absolute Gasteiger partial charge is 0.207 e. The standard InChI is InChI=1S/C17H19F2NO2S/c1-12-4-7-15(19)10-16(12)23(21,22)20-17(2,3)11-13-5-8-14(18)9-6-13/h4-10,20H,11H2,1-3H3. The van der Waals surface area contributed by atoms with Crippen LogP contribution < -0.4 is 4.72 Å². The highest BCUT2D eigenvalue weighted by atomic mass is 32.2. The first-order valence-corrected chi connectivity index (χ1v) is 8.62. The Labute approximate surface area is 135 Å². The summed E-state index contributed by atoms with van der Waals surface area (Å²) in [6, 6.07) is 9.53. The molecule has 2 aromatic carbocycles. The van der Waals surface area contributed by atoms with Crippen molar-refractivity contribution in [3.8, 4) is 0 Å². The van der Waals surface area contributed by atoms with Gasteiger partial charge in [0.15, 0.2) is 0 Å². The topological polar surface area (TPSA) is 46.2 Å². The van der Waals surface area contributed by atoms with E-state index in [1.54, 1.807) is 32.9 Å². The van der Waals surface area contributed by atoms with Gasteiger partial charge >= 0.3 is 0 Å². The molecule has 0 aliphatic carbocycles. The molecule has 6 heteroatoms. The van der Waals surface area contributed by atoms with Gasteiger partial charge in [0.25, 0.3) is 0 Å². The van der Waals surface area contributed by atoms with Crippen LogP contribution in [-0.4, -0.2) is 14.0 Å². The molecule has 0 heterocycles. The van der Waals surface area contributed by atoms with E-state index in [1.807, 2.05) is 0 Å². The summed E-state index contributed by atoms with van der Waals surface area (Å²) in [6.07, 6.45) is 0.376. The SMILES string of the molecule is Cc1ccc(F)cc1S(=O)(=O)NC(C)(C)Cc1ccc(F)cc1. The van der Waals surface area contributed by atoms with Gasteiger partial charge in [0.05, 0.1) is 4.90 Å². The molecule has 0 unspecified atom stereocenters. The van der Waals surface area contributed by atoms with Gasteiger partial charge < -0.3 is 0 Å². The Kier molecular flexibility index (Phi) is 4.87. The number of sulfonamides is 1. The average molecular weight is 339 g/mol. The van der Waals surface area contributed by atoms with Crippen LogP contribution in [0, 0.1) is 18.6 Å². The third-order valence-electron chi connectivity index (χ3n) is 3.41. The Bertz CT molecular complexity index is 800. The van der Waals surface area contributed by atoms with Crippen molar-refractivity contribution in [2.45, 2.75) is 37.6 Å². The summed E-state index contributed by atoms with van der Waals surface area (Å²) in [7, 11) is -3.86. The zero-order valence-corrected chi connectivity index (χ0v) is 14.0. The molecule has 2 rings (SSSR count). The Balaban J connectivity index is 2.24. The van der Waals surface area contributed by atoms with Crippen LogP contribution in [0.3, 0.4) is 0 Å². The first kappa shape index (κ1) is 17.6. The summed E-state index contributed by atoms with van der Waals surface area (Å²) in [6.45, 7) is 5.06. The minimum absolute atomic E-state index is 0.0790. The van der Waals surface area contributed by atoms with E-state index >= 15 is 0 Å². The molecule has 0 spiro atoms. The van der Waals surface area contributed by atoms with E-state index in [4.69, 9.17) is 0 Å². The maximum Gasteiger partial charge on any atom is 0.241 e. The Morgan fingerprint density at radius 1 is 1.00 bits per heavy atom. The minimum atomic E-state index is -3.86. The van der Waals surface area contributed by atoms with Gasteiger partial charge in [-0.1, -0.05) is 18.2 Å². The van der Waals surface area contributed by atoms with Crippen LogP contribution in [-0.2, 0) is 16.4 Å². The van der Waals surface area contributed by atoms with E-state index in [2.05, 4.69) is 4.72 Å². The van der Waals surface area contributed by atoms with E-state index < -0.39 is 21.4 Å². The molecule has 1 N–H and O–H groups in total. The van der Waals surface area contributed by atoms with Gasteiger partial charge in [-0.25, -0.2) is 21.9 Å². The average Bonchev–Trinajstić information content (AvgIpc) is 2.42. The van der Waals surface area contributed by atoms with Crippen molar-refractivity contribution in [3.63, 3.8) is 0 Å². The van der Waals surface area contributed by atoms with Crippen LogP contribution in [0.25, 0.3) is 0 Å². The van der Waals surface area contributed by atoms with E-state index in [1.165, 1.54) is 24.3 Å². The number of rotatable bonds is 5. The van der Waals surface area contributed by atoms with Crippen molar-refractivity contribution in [2.24, 2.45) is 0 Å². The molecule has 0 aliphatic rings. The van der Waals surface area contributed by atoms with Crippen LogP contribution in [0.15, 0.2) is 47.4 Å². The van der Waals surface area contributed by atoms with Crippen molar-refractivity contribution in [1.82, 2.24) is 4.72 Å². The summed E-state index contributed by atoms with van der Waals surface area (Å²) < 4.78 is 54.0. The van der Waals surface area contributed by atoms with Crippen LogP contribution in [0.1, 0.15) is 25.0 Å². The molecule has 0 aliphatic heterocycles. The van der Waals surface area contributed by atoms with Gasteiger partial charge in [-0.15, -0.1) is 0 Å². The molecule has 124 valence electrons. The summed E-state index contributed by atoms with van der Waals surface area (Å²) in [5.41, 5.74) is 0.460. The molecular formula is C17H19F2NO2S. The van der Waals surface area contributed by atoms with Crippen molar-refractivity contribution in [2.75, 3.05) is 0 Å². The zero-order valence-electron chi connectivity index (χ0n) is 13.2. The maximum atomic E-state index is 13.4. The molecule has 2 aromatic rings. The summed E-state index contributed by atoms with van der Waals surface area (Å²) in [5, 5.41) is 0. The molecule has 0 saturated carbocycles. The van der Waals surface area contributed by atoms with Gasteiger partial charge in [-0.05, 0) is 62.6 Å². The second-order valence-electron chi connectivity index (χ2n) is 6.20. The lowest BCUT2D eigenvalue weighted by Crippen LogP contribution is -2.45.